The molecule has 1 aromatic rings. The molecule has 2 rings (SSSR count). The van der Waals surface area contributed by atoms with Crippen LogP contribution in [0.4, 0.5) is 11.6 Å². The van der Waals surface area contributed by atoms with Crippen molar-refractivity contribution in [3.05, 3.63) is 12.4 Å². The smallest absolute Gasteiger partial charge is 0.325 e. The second-order valence-corrected chi connectivity index (χ2v) is 4.23. The number of anilines is 2. The van der Waals surface area contributed by atoms with E-state index in [4.69, 9.17) is 4.74 Å². The van der Waals surface area contributed by atoms with Crippen LogP contribution in [0.3, 0.4) is 0 Å². The van der Waals surface area contributed by atoms with E-state index in [1.807, 2.05) is 0 Å². The number of ether oxygens (including phenoxy) is 2. The van der Waals surface area contributed by atoms with E-state index >= 15 is 0 Å². The molecule has 1 aromatic heterocycles. The van der Waals surface area contributed by atoms with Gasteiger partial charge in [-0.3, -0.25) is 4.79 Å². The maximum absolute atomic E-state index is 11.0. The number of hydrogen-bond donors (Lipinski definition) is 2. The lowest BCUT2D eigenvalue weighted by atomic mass is 10.2. The number of rotatable bonds is 6. The average molecular weight is 266 g/mol. The Labute approximate surface area is 111 Å². The van der Waals surface area contributed by atoms with Crippen molar-refractivity contribution in [3.63, 3.8) is 0 Å². The zero-order chi connectivity index (χ0) is 13.5. The first kappa shape index (κ1) is 13.5. The van der Waals surface area contributed by atoms with Crippen LogP contribution in [0, 0.1) is 0 Å². The van der Waals surface area contributed by atoms with Crippen molar-refractivity contribution in [2.75, 3.05) is 37.4 Å². The molecule has 1 saturated heterocycles. The van der Waals surface area contributed by atoms with Crippen LogP contribution in [-0.2, 0) is 14.3 Å². The molecule has 1 aliphatic rings. The maximum Gasteiger partial charge on any atom is 0.325 e. The van der Waals surface area contributed by atoms with E-state index in [-0.39, 0.29) is 18.6 Å². The molecule has 1 atom stereocenters. The second kappa shape index (κ2) is 6.89. The van der Waals surface area contributed by atoms with Gasteiger partial charge in [0.25, 0.3) is 0 Å². The van der Waals surface area contributed by atoms with Gasteiger partial charge in [-0.05, 0) is 12.8 Å². The van der Waals surface area contributed by atoms with E-state index in [0.29, 0.717) is 11.6 Å². The fraction of sp³-hybridized carbons (Fsp3) is 0.583. The number of esters is 1. The van der Waals surface area contributed by atoms with Gasteiger partial charge in [-0.2, -0.15) is 0 Å². The predicted octanol–water partition coefficient (Wildman–Crippen LogP) is 0.652. The van der Waals surface area contributed by atoms with Gasteiger partial charge in [0.05, 0.1) is 13.2 Å². The maximum atomic E-state index is 11.0. The van der Waals surface area contributed by atoms with E-state index in [0.717, 1.165) is 26.0 Å². The number of aromatic nitrogens is 2. The summed E-state index contributed by atoms with van der Waals surface area (Å²) in [7, 11) is 1.35. The molecule has 0 aromatic carbocycles. The molecule has 0 radical (unpaired) electrons. The van der Waals surface area contributed by atoms with Crippen molar-refractivity contribution in [2.45, 2.75) is 18.9 Å². The van der Waals surface area contributed by atoms with Crippen LogP contribution in [0.1, 0.15) is 12.8 Å². The van der Waals surface area contributed by atoms with E-state index in [2.05, 4.69) is 25.3 Å². The first-order chi connectivity index (χ1) is 9.28. The van der Waals surface area contributed by atoms with Crippen LogP contribution in [0.5, 0.6) is 0 Å². The lowest BCUT2D eigenvalue weighted by molar-refractivity contribution is -0.138. The number of carbonyl (C=O) groups is 1. The lowest BCUT2D eigenvalue weighted by Crippen LogP contribution is -2.19. The molecule has 0 amide bonds. The molecule has 0 aliphatic carbocycles. The third-order valence-corrected chi connectivity index (χ3v) is 2.84. The molecule has 0 saturated carbocycles. The van der Waals surface area contributed by atoms with Gasteiger partial charge >= 0.3 is 5.97 Å². The van der Waals surface area contributed by atoms with E-state index in [1.165, 1.54) is 13.4 Å². The van der Waals surface area contributed by atoms with Crippen LogP contribution in [0.2, 0.25) is 0 Å². The molecule has 7 heteroatoms. The zero-order valence-corrected chi connectivity index (χ0v) is 10.9. The highest BCUT2D eigenvalue weighted by atomic mass is 16.5. The van der Waals surface area contributed by atoms with Crippen molar-refractivity contribution in [3.8, 4) is 0 Å². The third kappa shape index (κ3) is 4.36. The number of nitrogens with one attached hydrogen (secondary N) is 2. The zero-order valence-electron chi connectivity index (χ0n) is 10.9. The van der Waals surface area contributed by atoms with Crippen molar-refractivity contribution < 1.29 is 14.3 Å². The number of carbonyl (C=O) groups excluding carboxylic acids is 1. The molecule has 0 spiro atoms. The Balaban J connectivity index is 1.82. The Morgan fingerprint density at radius 2 is 2.26 bits per heavy atom. The quantitative estimate of drug-likeness (QED) is 0.731. The van der Waals surface area contributed by atoms with Gasteiger partial charge in [0.1, 0.15) is 24.5 Å². The first-order valence-corrected chi connectivity index (χ1v) is 6.26. The number of nitrogens with zero attached hydrogens (tertiary/aromatic N) is 2. The highest BCUT2D eigenvalue weighted by Crippen LogP contribution is 2.14. The van der Waals surface area contributed by atoms with E-state index in [9.17, 15) is 4.79 Å². The van der Waals surface area contributed by atoms with Gasteiger partial charge in [-0.15, -0.1) is 0 Å². The number of methoxy groups -OCH3 is 1. The second-order valence-electron chi connectivity index (χ2n) is 4.23. The van der Waals surface area contributed by atoms with Crippen LogP contribution >= 0.6 is 0 Å². The lowest BCUT2D eigenvalue weighted by Gasteiger charge is -2.11. The summed E-state index contributed by atoms with van der Waals surface area (Å²) in [6.07, 6.45) is 3.88. The Morgan fingerprint density at radius 3 is 2.95 bits per heavy atom. The van der Waals surface area contributed by atoms with Gasteiger partial charge in [-0.25, -0.2) is 9.97 Å². The molecule has 1 unspecified atom stereocenters. The fourth-order valence-electron chi connectivity index (χ4n) is 1.81. The molecule has 104 valence electrons. The third-order valence-electron chi connectivity index (χ3n) is 2.84. The van der Waals surface area contributed by atoms with E-state index in [1.54, 1.807) is 6.07 Å². The average Bonchev–Trinajstić information content (AvgIpc) is 2.96. The Kier molecular flexibility index (Phi) is 4.91. The molecule has 1 aliphatic heterocycles. The topological polar surface area (TPSA) is 85.4 Å². The van der Waals surface area contributed by atoms with Crippen LogP contribution in [0.15, 0.2) is 12.4 Å². The van der Waals surface area contributed by atoms with Crippen molar-refractivity contribution >= 4 is 17.6 Å². The monoisotopic (exact) mass is 266 g/mol. The summed E-state index contributed by atoms with van der Waals surface area (Å²) in [6, 6.07) is 1.75. The van der Waals surface area contributed by atoms with Gasteiger partial charge < -0.3 is 20.1 Å². The SMILES string of the molecule is COC(=O)CNc1cc(NCC2CCCO2)ncn1. The molecule has 2 heterocycles. The summed E-state index contributed by atoms with van der Waals surface area (Å²) in [5, 5.41) is 6.06. The number of hydrogen-bond acceptors (Lipinski definition) is 7. The van der Waals surface area contributed by atoms with Gasteiger partial charge in [-0.1, -0.05) is 0 Å². The fourth-order valence-corrected chi connectivity index (χ4v) is 1.81. The highest BCUT2D eigenvalue weighted by Gasteiger charge is 2.15. The molecule has 19 heavy (non-hydrogen) atoms. The van der Waals surface area contributed by atoms with Gasteiger partial charge in [0, 0.05) is 19.2 Å². The van der Waals surface area contributed by atoms with Crippen LogP contribution in [0.25, 0.3) is 0 Å². The summed E-state index contributed by atoms with van der Waals surface area (Å²) >= 11 is 0. The van der Waals surface area contributed by atoms with Crippen molar-refractivity contribution in [1.82, 2.24) is 9.97 Å². The Hall–Kier alpha value is -1.89. The molecular formula is C12H18N4O3. The molecule has 7 nitrogen and oxygen atoms in total. The molecule has 1 fully saturated rings. The molecule has 0 bridgehead atoms. The summed E-state index contributed by atoms with van der Waals surface area (Å²) in [5.74, 6) is 0.945. The minimum atomic E-state index is -0.340. The Bertz CT molecular complexity index is 421. The standard InChI is InChI=1S/C12H18N4O3/c1-18-12(17)7-14-11-5-10(15-8-16-11)13-6-9-3-2-4-19-9/h5,8-9H,2-4,6-7H2,1H3,(H2,13,14,15,16). The van der Waals surface area contributed by atoms with Crippen LogP contribution < -0.4 is 10.6 Å². The predicted molar refractivity (Wildman–Crippen MR) is 70.0 cm³/mol. The largest absolute Gasteiger partial charge is 0.468 e. The summed E-state index contributed by atoms with van der Waals surface area (Å²) < 4.78 is 10.1. The highest BCUT2D eigenvalue weighted by molar-refractivity contribution is 5.74. The van der Waals surface area contributed by atoms with Crippen molar-refractivity contribution in [1.29, 1.82) is 0 Å². The van der Waals surface area contributed by atoms with Gasteiger partial charge in [0.15, 0.2) is 0 Å². The van der Waals surface area contributed by atoms with Crippen LogP contribution in [-0.4, -0.2) is 48.8 Å². The summed E-state index contributed by atoms with van der Waals surface area (Å²) in [6.45, 7) is 1.65. The van der Waals surface area contributed by atoms with Gasteiger partial charge in [0.2, 0.25) is 0 Å². The van der Waals surface area contributed by atoms with E-state index < -0.39 is 0 Å². The Morgan fingerprint density at radius 1 is 1.47 bits per heavy atom. The minimum Gasteiger partial charge on any atom is -0.468 e. The van der Waals surface area contributed by atoms with Crippen molar-refractivity contribution in [2.24, 2.45) is 0 Å². The first-order valence-electron chi connectivity index (χ1n) is 6.26. The summed E-state index contributed by atoms with van der Waals surface area (Å²) in [4.78, 5) is 19.1. The summed E-state index contributed by atoms with van der Waals surface area (Å²) in [5.41, 5.74) is 0. The molecular weight excluding hydrogens is 248 g/mol. The normalized spacial score (nSPS) is 18.1. The molecule has 2 N–H and O–H groups in total. The minimum absolute atomic E-state index is 0.0820.